The van der Waals surface area contributed by atoms with Crippen molar-refractivity contribution in [3.63, 3.8) is 0 Å². The molecule has 0 unspecified atom stereocenters. The Labute approximate surface area is 152 Å². The first kappa shape index (κ1) is 18.0. The molecule has 0 aliphatic carbocycles. The molecule has 3 rings (SSSR count). The van der Waals surface area contributed by atoms with Crippen molar-refractivity contribution in [2.45, 2.75) is 0 Å². The van der Waals surface area contributed by atoms with E-state index in [1.54, 1.807) is 30.3 Å². The number of anilines is 3. The van der Waals surface area contributed by atoms with E-state index in [4.69, 9.17) is 10.5 Å². The molecule has 26 heavy (non-hydrogen) atoms. The summed E-state index contributed by atoms with van der Waals surface area (Å²) in [5, 5.41) is 2.70. The molecule has 1 saturated heterocycles. The van der Waals surface area contributed by atoms with Gasteiger partial charge in [0, 0.05) is 37.4 Å². The first-order valence-corrected chi connectivity index (χ1v) is 8.46. The Hall–Kier alpha value is -2.80. The highest BCUT2D eigenvalue weighted by Crippen LogP contribution is 2.25. The number of benzene rings is 2. The number of methoxy groups -OCH3 is 1. The van der Waals surface area contributed by atoms with Crippen molar-refractivity contribution in [1.29, 1.82) is 0 Å². The molecule has 2 aromatic rings. The van der Waals surface area contributed by atoms with Gasteiger partial charge in [-0.2, -0.15) is 0 Å². The maximum atomic E-state index is 14.5. The number of rotatable bonds is 4. The summed E-state index contributed by atoms with van der Waals surface area (Å²) in [4.78, 5) is 16.6. The number of hydrogen-bond donors (Lipinski definition) is 2. The molecule has 6 nitrogen and oxygen atoms in total. The van der Waals surface area contributed by atoms with Gasteiger partial charge >= 0.3 is 0 Å². The Morgan fingerprint density at radius 3 is 2.54 bits per heavy atom. The van der Waals surface area contributed by atoms with E-state index >= 15 is 0 Å². The molecule has 0 spiro atoms. The summed E-state index contributed by atoms with van der Waals surface area (Å²) in [5.74, 6) is -0.272. The second-order valence-corrected chi connectivity index (χ2v) is 6.37. The molecule has 3 N–H and O–H groups in total. The van der Waals surface area contributed by atoms with Crippen molar-refractivity contribution in [2.75, 3.05) is 56.3 Å². The van der Waals surface area contributed by atoms with Crippen LogP contribution < -0.4 is 20.7 Å². The second kappa shape index (κ2) is 7.61. The highest BCUT2D eigenvalue weighted by atomic mass is 19.1. The highest BCUT2D eigenvalue weighted by Gasteiger charge is 2.18. The Morgan fingerprint density at radius 2 is 1.88 bits per heavy atom. The van der Waals surface area contributed by atoms with Gasteiger partial charge in [0.15, 0.2) is 0 Å². The Bertz CT molecular complexity index is 804. The predicted octanol–water partition coefficient (Wildman–Crippen LogP) is 2.42. The fourth-order valence-corrected chi connectivity index (χ4v) is 2.94. The van der Waals surface area contributed by atoms with Crippen molar-refractivity contribution in [2.24, 2.45) is 0 Å². The SMILES string of the molecule is COc1cc(C(=O)Nc2ccc(N3CCN(C)CC3)c(F)c2)ccc1N. The normalized spacial score (nSPS) is 15.0. The first-order chi connectivity index (χ1) is 12.5. The fraction of sp³-hybridized carbons (Fsp3) is 0.316. The third kappa shape index (κ3) is 3.88. The summed E-state index contributed by atoms with van der Waals surface area (Å²) in [5.41, 5.74) is 7.56. The van der Waals surface area contributed by atoms with Gasteiger partial charge in [-0.05, 0) is 43.4 Å². The van der Waals surface area contributed by atoms with E-state index in [1.165, 1.54) is 13.2 Å². The van der Waals surface area contributed by atoms with Gasteiger partial charge in [0.2, 0.25) is 0 Å². The van der Waals surface area contributed by atoms with Crippen molar-refractivity contribution in [3.05, 3.63) is 47.8 Å². The van der Waals surface area contributed by atoms with E-state index in [1.807, 2.05) is 4.90 Å². The van der Waals surface area contributed by atoms with Gasteiger partial charge in [-0.3, -0.25) is 4.79 Å². The minimum absolute atomic E-state index is 0.345. The molecule has 0 radical (unpaired) electrons. The lowest BCUT2D eigenvalue weighted by Gasteiger charge is -2.34. The molecule has 1 aliphatic rings. The molecule has 2 aromatic carbocycles. The van der Waals surface area contributed by atoms with Crippen LogP contribution in [0.5, 0.6) is 5.75 Å². The summed E-state index contributed by atoms with van der Waals surface area (Å²) in [6.07, 6.45) is 0. The van der Waals surface area contributed by atoms with Gasteiger partial charge < -0.3 is 25.6 Å². The number of halogens is 1. The van der Waals surface area contributed by atoms with Crippen LogP contribution in [-0.2, 0) is 0 Å². The third-order valence-electron chi connectivity index (χ3n) is 4.55. The number of ether oxygens (including phenoxy) is 1. The van der Waals surface area contributed by atoms with Crippen LogP contribution in [-0.4, -0.2) is 51.1 Å². The molecular weight excluding hydrogens is 335 g/mol. The predicted molar refractivity (Wildman–Crippen MR) is 101 cm³/mol. The van der Waals surface area contributed by atoms with Crippen LogP contribution in [0.3, 0.4) is 0 Å². The zero-order valence-corrected chi connectivity index (χ0v) is 15.0. The lowest BCUT2D eigenvalue weighted by molar-refractivity contribution is 0.102. The van der Waals surface area contributed by atoms with Crippen LogP contribution in [0.25, 0.3) is 0 Å². The van der Waals surface area contributed by atoms with Gasteiger partial charge in [0.05, 0.1) is 18.5 Å². The Balaban J connectivity index is 1.72. The number of amides is 1. The van der Waals surface area contributed by atoms with Crippen LogP contribution in [0, 0.1) is 5.82 Å². The van der Waals surface area contributed by atoms with E-state index in [0.717, 1.165) is 26.2 Å². The molecule has 0 bridgehead atoms. The average Bonchev–Trinajstić information content (AvgIpc) is 2.63. The van der Waals surface area contributed by atoms with Gasteiger partial charge in [-0.15, -0.1) is 0 Å². The minimum Gasteiger partial charge on any atom is -0.495 e. The first-order valence-electron chi connectivity index (χ1n) is 8.46. The number of nitrogen functional groups attached to an aromatic ring is 1. The van der Waals surface area contributed by atoms with E-state index in [0.29, 0.717) is 28.4 Å². The molecule has 1 heterocycles. The van der Waals surface area contributed by atoms with E-state index < -0.39 is 0 Å². The van der Waals surface area contributed by atoms with Gasteiger partial charge in [-0.25, -0.2) is 4.39 Å². The monoisotopic (exact) mass is 358 g/mol. The zero-order valence-electron chi connectivity index (χ0n) is 15.0. The standard InChI is InChI=1S/C19H23FN4O2/c1-23-7-9-24(10-8-23)17-6-4-14(12-15(17)20)22-19(25)13-3-5-16(21)18(11-13)26-2/h3-6,11-12H,7-10,21H2,1-2H3,(H,22,25). The van der Waals surface area contributed by atoms with Crippen molar-refractivity contribution >= 4 is 23.0 Å². The van der Waals surface area contributed by atoms with Gasteiger partial charge in [0.1, 0.15) is 11.6 Å². The molecule has 0 aromatic heterocycles. The van der Waals surface area contributed by atoms with Crippen LogP contribution in [0.2, 0.25) is 0 Å². The molecule has 1 fully saturated rings. The number of nitrogens with one attached hydrogen (secondary N) is 1. The summed E-state index contributed by atoms with van der Waals surface area (Å²) >= 11 is 0. The maximum absolute atomic E-state index is 14.5. The largest absolute Gasteiger partial charge is 0.495 e. The van der Waals surface area contributed by atoms with Crippen molar-refractivity contribution in [3.8, 4) is 5.75 Å². The Morgan fingerprint density at radius 1 is 1.15 bits per heavy atom. The maximum Gasteiger partial charge on any atom is 0.255 e. The Kier molecular flexibility index (Phi) is 5.27. The molecule has 7 heteroatoms. The quantitative estimate of drug-likeness (QED) is 0.822. The molecule has 0 saturated carbocycles. The van der Waals surface area contributed by atoms with E-state index in [2.05, 4.69) is 17.3 Å². The van der Waals surface area contributed by atoms with Crippen molar-refractivity contribution < 1.29 is 13.9 Å². The van der Waals surface area contributed by atoms with Crippen LogP contribution >= 0.6 is 0 Å². The van der Waals surface area contributed by atoms with Crippen LogP contribution in [0.15, 0.2) is 36.4 Å². The molecule has 1 aliphatic heterocycles. The number of carbonyl (C=O) groups is 1. The van der Waals surface area contributed by atoms with E-state index in [-0.39, 0.29) is 11.7 Å². The number of likely N-dealkylation sites (N-methyl/N-ethyl adjacent to an activating group) is 1. The van der Waals surface area contributed by atoms with Crippen molar-refractivity contribution in [1.82, 2.24) is 4.90 Å². The number of piperazine rings is 1. The van der Waals surface area contributed by atoms with Crippen LogP contribution in [0.4, 0.5) is 21.5 Å². The van der Waals surface area contributed by atoms with Gasteiger partial charge in [-0.1, -0.05) is 0 Å². The number of carbonyl (C=O) groups excluding carboxylic acids is 1. The van der Waals surface area contributed by atoms with Gasteiger partial charge in [0.25, 0.3) is 5.91 Å². The lowest BCUT2D eigenvalue weighted by atomic mass is 10.1. The minimum atomic E-state index is -0.352. The van der Waals surface area contributed by atoms with E-state index in [9.17, 15) is 9.18 Å². The smallest absolute Gasteiger partial charge is 0.255 e. The average molecular weight is 358 g/mol. The fourth-order valence-electron chi connectivity index (χ4n) is 2.94. The molecular formula is C19H23FN4O2. The molecule has 138 valence electrons. The highest BCUT2D eigenvalue weighted by molar-refractivity contribution is 6.04. The topological polar surface area (TPSA) is 70.8 Å². The summed E-state index contributed by atoms with van der Waals surface area (Å²) in [6, 6.07) is 9.52. The zero-order chi connectivity index (χ0) is 18.7. The molecule has 0 atom stereocenters. The third-order valence-corrected chi connectivity index (χ3v) is 4.55. The lowest BCUT2D eigenvalue weighted by Crippen LogP contribution is -2.44. The molecule has 1 amide bonds. The summed E-state index contributed by atoms with van der Waals surface area (Å²) in [6.45, 7) is 3.36. The summed E-state index contributed by atoms with van der Waals surface area (Å²) < 4.78 is 19.6. The second-order valence-electron chi connectivity index (χ2n) is 6.37. The number of hydrogen-bond acceptors (Lipinski definition) is 5. The number of nitrogens with zero attached hydrogens (tertiary/aromatic N) is 2. The summed E-state index contributed by atoms with van der Waals surface area (Å²) in [7, 11) is 3.54. The number of nitrogens with two attached hydrogens (primary N) is 1. The van der Waals surface area contributed by atoms with Crippen LogP contribution in [0.1, 0.15) is 10.4 Å².